The molecule has 1 heterocycles. The van der Waals surface area contributed by atoms with Crippen LogP contribution in [-0.4, -0.2) is 40.9 Å². The van der Waals surface area contributed by atoms with E-state index in [0.717, 1.165) is 16.5 Å². The Bertz CT molecular complexity index is 936. The first-order valence-electron chi connectivity index (χ1n) is 10.1. The summed E-state index contributed by atoms with van der Waals surface area (Å²) in [6.45, 7) is 15.9. The van der Waals surface area contributed by atoms with Crippen LogP contribution in [0, 0.1) is 0 Å². The van der Waals surface area contributed by atoms with Gasteiger partial charge in [-0.2, -0.15) is 0 Å². The Hall–Kier alpha value is -3.02. The molecule has 1 amide bonds. The fourth-order valence-corrected chi connectivity index (χ4v) is 3.36. The normalized spacial score (nSPS) is 12.3. The molecule has 2 aromatic rings. The summed E-state index contributed by atoms with van der Waals surface area (Å²) in [5.41, 5.74) is 1.73. The van der Waals surface area contributed by atoms with Gasteiger partial charge >= 0.3 is 12.2 Å². The van der Waals surface area contributed by atoms with Gasteiger partial charge in [-0.15, -0.1) is 6.58 Å². The number of carbonyl (C=O) groups is 2. The SMILES string of the molecule is C=CCCN(C(=O)OC)C(C(=C)CC)c1cn(C(=O)OC(C)(C)C)c2ccccc12. The molecule has 6 nitrogen and oxygen atoms in total. The summed E-state index contributed by atoms with van der Waals surface area (Å²) in [6, 6.07) is 7.12. The van der Waals surface area contributed by atoms with Gasteiger partial charge in [-0.3, -0.25) is 9.47 Å². The Balaban J connectivity index is 2.68. The maximum Gasteiger partial charge on any atom is 0.419 e. The zero-order valence-electron chi connectivity index (χ0n) is 18.6. The van der Waals surface area contributed by atoms with Gasteiger partial charge in [0.05, 0.1) is 18.7 Å². The zero-order valence-corrected chi connectivity index (χ0v) is 18.6. The van der Waals surface area contributed by atoms with Crippen molar-refractivity contribution < 1.29 is 19.1 Å². The summed E-state index contributed by atoms with van der Waals surface area (Å²) in [5.74, 6) is 0. The number of rotatable bonds is 7. The van der Waals surface area contributed by atoms with Crippen LogP contribution in [0.5, 0.6) is 0 Å². The summed E-state index contributed by atoms with van der Waals surface area (Å²) in [7, 11) is 1.36. The Morgan fingerprint density at radius 1 is 1.27 bits per heavy atom. The number of fused-ring (bicyclic) bond motifs is 1. The molecule has 0 saturated carbocycles. The van der Waals surface area contributed by atoms with Crippen molar-refractivity contribution in [3.63, 3.8) is 0 Å². The number of para-hydroxylation sites is 1. The molecule has 0 bridgehead atoms. The summed E-state index contributed by atoms with van der Waals surface area (Å²) < 4.78 is 12.1. The van der Waals surface area contributed by atoms with E-state index in [-0.39, 0.29) is 0 Å². The number of carbonyl (C=O) groups excluding carboxylic acids is 2. The number of benzene rings is 1. The Morgan fingerprint density at radius 2 is 1.93 bits per heavy atom. The van der Waals surface area contributed by atoms with Crippen LogP contribution in [-0.2, 0) is 9.47 Å². The minimum Gasteiger partial charge on any atom is -0.453 e. The lowest BCUT2D eigenvalue weighted by molar-refractivity contribution is 0.0544. The van der Waals surface area contributed by atoms with Gasteiger partial charge in [0.15, 0.2) is 0 Å². The highest BCUT2D eigenvalue weighted by Gasteiger charge is 2.31. The number of amides is 1. The van der Waals surface area contributed by atoms with Crippen molar-refractivity contribution in [3.8, 4) is 0 Å². The van der Waals surface area contributed by atoms with Crippen molar-refractivity contribution in [2.24, 2.45) is 0 Å². The Labute approximate surface area is 178 Å². The lowest BCUT2D eigenvalue weighted by atomic mass is 9.96. The quantitative estimate of drug-likeness (QED) is 0.517. The number of aromatic nitrogens is 1. The third-order valence-corrected chi connectivity index (χ3v) is 4.76. The average Bonchev–Trinajstić information content (AvgIpc) is 3.08. The molecule has 0 saturated heterocycles. The Morgan fingerprint density at radius 3 is 2.50 bits per heavy atom. The highest BCUT2D eigenvalue weighted by atomic mass is 16.6. The first-order chi connectivity index (χ1) is 14.1. The summed E-state index contributed by atoms with van der Waals surface area (Å²) in [5, 5.41) is 0.857. The molecule has 2 rings (SSSR count). The second-order valence-electron chi connectivity index (χ2n) is 8.11. The van der Waals surface area contributed by atoms with E-state index in [0.29, 0.717) is 24.9 Å². The molecule has 1 aromatic heterocycles. The van der Waals surface area contributed by atoms with Gasteiger partial charge < -0.3 is 9.47 Å². The van der Waals surface area contributed by atoms with Crippen molar-refractivity contribution >= 4 is 23.1 Å². The van der Waals surface area contributed by atoms with Gasteiger partial charge in [-0.25, -0.2) is 9.59 Å². The highest BCUT2D eigenvalue weighted by molar-refractivity contribution is 5.93. The van der Waals surface area contributed by atoms with Crippen LogP contribution in [0.25, 0.3) is 10.9 Å². The number of nitrogens with zero attached hydrogens (tertiary/aromatic N) is 2. The molecule has 30 heavy (non-hydrogen) atoms. The molecule has 1 unspecified atom stereocenters. The van der Waals surface area contributed by atoms with E-state index >= 15 is 0 Å². The number of hydrogen-bond acceptors (Lipinski definition) is 4. The summed E-state index contributed by atoms with van der Waals surface area (Å²) >= 11 is 0. The molecule has 0 spiro atoms. The van der Waals surface area contributed by atoms with Crippen molar-refractivity contribution in [3.05, 3.63) is 60.8 Å². The van der Waals surface area contributed by atoms with E-state index in [1.165, 1.54) is 11.7 Å². The van der Waals surface area contributed by atoms with Gasteiger partial charge in [0, 0.05) is 23.7 Å². The zero-order chi connectivity index (χ0) is 22.5. The summed E-state index contributed by atoms with van der Waals surface area (Å²) in [4.78, 5) is 27.2. The van der Waals surface area contributed by atoms with E-state index in [1.807, 2.05) is 52.0 Å². The lowest BCUT2D eigenvalue weighted by Gasteiger charge is -2.31. The van der Waals surface area contributed by atoms with Crippen LogP contribution in [0.15, 0.2) is 55.3 Å². The van der Waals surface area contributed by atoms with E-state index in [1.54, 1.807) is 17.2 Å². The molecule has 1 aromatic carbocycles. The second kappa shape index (κ2) is 9.65. The minimum atomic E-state index is -0.628. The molecule has 6 heteroatoms. The molecular weight excluding hydrogens is 380 g/mol. The number of hydrogen-bond donors (Lipinski definition) is 0. The van der Waals surface area contributed by atoms with Gasteiger partial charge in [0.2, 0.25) is 0 Å². The predicted octanol–water partition coefficient (Wildman–Crippen LogP) is 6.08. The first kappa shape index (κ1) is 23.3. The number of methoxy groups -OCH3 is 1. The lowest BCUT2D eigenvalue weighted by Crippen LogP contribution is -2.36. The Kier molecular flexibility index (Phi) is 7.48. The van der Waals surface area contributed by atoms with E-state index in [9.17, 15) is 9.59 Å². The maximum atomic E-state index is 12.9. The molecule has 162 valence electrons. The van der Waals surface area contributed by atoms with Crippen molar-refractivity contribution in [2.75, 3.05) is 13.7 Å². The fraction of sp³-hybridized carbons (Fsp3) is 0.417. The first-order valence-corrected chi connectivity index (χ1v) is 10.1. The minimum absolute atomic E-state index is 0.422. The van der Waals surface area contributed by atoms with Crippen LogP contribution >= 0.6 is 0 Å². The van der Waals surface area contributed by atoms with Crippen LogP contribution in [0.2, 0.25) is 0 Å². The molecule has 0 aliphatic rings. The van der Waals surface area contributed by atoms with Gasteiger partial charge in [-0.1, -0.05) is 43.4 Å². The monoisotopic (exact) mass is 412 g/mol. The molecule has 1 atom stereocenters. The number of ether oxygens (including phenoxy) is 2. The van der Waals surface area contributed by atoms with Crippen molar-refractivity contribution in [2.45, 2.75) is 52.2 Å². The standard InChI is InChI=1S/C24H32N2O4/c1-8-10-15-25(22(27)29-7)21(17(3)9-2)19-16-26(23(28)30-24(4,5)6)20-14-12-11-13-18(19)20/h8,11-14,16,21H,1,3,9-10,15H2,2,4-7H3. The topological polar surface area (TPSA) is 60.8 Å². The molecule has 0 N–H and O–H groups in total. The second-order valence-corrected chi connectivity index (χ2v) is 8.11. The molecular formula is C24H32N2O4. The van der Waals surface area contributed by atoms with Gasteiger partial charge in [0.25, 0.3) is 0 Å². The fourth-order valence-electron chi connectivity index (χ4n) is 3.36. The van der Waals surface area contributed by atoms with E-state index in [2.05, 4.69) is 13.2 Å². The van der Waals surface area contributed by atoms with Crippen LogP contribution in [0.4, 0.5) is 9.59 Å². The van der Waals surface area contributed by atoms with Crippen molar-refractivity contribution in [1.29, 1.82) is 0 Å². The smallest absolute Gasteiger partial charge is 0.419 e. The molecule has 0 aliphatic carbocycles. The highest BCUT2D eigenvalue weighted by Crippen LogP contribution is 2.36. The predicted molar refractivity (Wildman–Crippen MR) is 120 cm³/mol. The molecule has 0 fully saturated rings. The maximum absolute atomic E-state index is 12.9. The molecule has 0 radical (unpaired) electrons. The third kappa shape index (κ3) is 5.12. The van der Waals surface area contributed by atoms with Gasteiger partial charge in [0.1, 0.15) is 5.60 Å². The molecule has 0 aliphatic heterocycles. The van der Waals surface area contributed by atoms with Crippen molar-refractivity contribution in [1.82, 2.24) is 9.47 Å². The summed E-state index contributed by atoms with van der Waals surface area (Å²) in [6.07, 6.45) is 3.85. The van der Waals surface area contributed by atoms with E-state index < -0.39 is 23.8 Å². The van der Waals surface area contributed by atoms with Crippen LogP contribution in [0.3, 0.4) is 0 Å². The van der Waals surface area contributed by atoms with Gasteiger partial charge in [-0.05, 0) is 39.7 Å². The van der Waals surface area contributed by atoms with Crippen LogP contribution < -0.4 is 0 Å². The van der Waals surface area contributed by atoms with Crippen LogP contribution in [0.1, 0.15) is 52.1 Å². The largest absolute Gasteiger partial charge is 0.453 e. The average molecular weight is 413 g/mol. The van der Waals surface area contributed by atoms with E-state index in [4.69, 9.17) is 9.47 Å². The third-order valence-electron chi connectivity index (χ3n) is 4.76.